The first-order valence-corrected chi connectivity index (χ1v) is 13.2. The van der Waals surface area contributed by atoms with Gasteiger partial charge in [-0.2, -0.15) is 0 Å². The van der Waals surface area contributed by atoms with Crippen LogP contribution in [0, 0.1) is 5.82 Å². The van der Waals surface area contributed by atoms with Gasteiger partial charge in [-0.25, -0.2) is 14.4 Å². The van der Waals surface area contributed by atoms with Crippen molar-refractivity contribution in [3.8, 4) is 0 Å². The van der Waals surface area contributed by atoms with Gasteiger partial charge in [0.15, 0.2) is 10.9 Å². The van der Waals surface area contributed by atoms with Crippen LogP contribution in [0.3, 0.4) is 0 Å². The maximum absolute atomic E-state index is 14.2. The number of hydrogen-bond acceptors (Lipinski definition) is 7. The molecule has 9 heteroatoms. The number of aromatic nitrogens is 2. The molecule has 4 rings (SSSR count). The average Bonchev–Trinajstić information content (AvgIpc) is 3.31. The third kappa shape index (κ3) is 6.37. The highest BCUT2D eigenvalue weighted by Gasteiger charge is 2.24. The monoisotopic (exact) mass is 511 g/mol. The van der Waals surface area contributed by atoms with Gasteiger partial charge >= 0.3 is 0 Å². The minimum atomic E-state index is -0.218. The van der Waals surface area contributed by atoms with Crippen LogP contribution >= 0.6 is 11.8 Å². The van der Waals surface area contributed by atoms with E-state index < -0.39 is 0 Å². The number of carbonyl (C=O) groups is 1. The Morgan fingerprint density at radius 1 is 1.08 bits per heavy atom. The summed E-state index contributed by atoms with van der Waals surface area (Å²) in [4.78, 5) is 26.2. The highest BCUT2D eigenvalue weighted by molar-refractivity contribution is 7.98. The standard InChI is InChI=1S/C27H34FN5O2S/c1-18(2)29-25(34)22-11-10-19(35-22)17-36-26-30-23(27(3,4)5)16-24(31-26)33-14-12-32(13-15-33)21-9-7-6-8-20(21)28/h6-11,16,18H,12-15,17H2,1-5H3,(H,29,34). The Morgan fingerprint density at radius 2 is 1.78 bits per heavy atom. The highest BCUT2D eigenvalue weighted by Crippen LogP contribution is 2.30. The second kappa shape index (κ2) is 10.9. The van der Waals surface area contributed by atoms with E-state index in [1.54, 1.807) is 12.1 Å². The summed E-state index contributed by atoms with van der Waals surface area (Å²) in [5.41, 5.74) is 1.46. The topological polar surface area (TPSA) is 74.5 Å². The fourth-order valence-corrected chi connectivity index (χ4v) is 4.70. The number of anilines is 2. The molecule has 0 unspecified atom stereocenters. The van der Waals surface area contributed by atoms with Crippen LogP contribution in [-0.2, 0) is 11.2 Å². The number of halogens is 1. The van der Waals surface area contributed by atoms with Crippen LogP contribution < -0.4 is 15.1 Å². The van der Waals surface area contributed by atoms with E-state index in [1.165, 1.54) is 17.8 Å². The summed E-state index contributed by atoms with van der Waals surface area (Å²) in [5, 5.41) is 3.50. The predicted octanol–water partition coefficient (Wildman–Crippen LogP) is 5.26. The fourth-order valence-electron chi connectivity index (χ4n) is 3.95. The first kappa shape index (κ1) is 26.0. The molecule has 1 amide bonds. The zero-order chi connectivity index (χ0) is 25.9. The van der Waals surface area contributed by atoms with E-state index in [0.29, 0.717) is 41.2 Å². The Hall–Kier alpha value is -3.07. The molecule has 0 saturated carbocycles. The lowest BCUT2D eigenvalue weighted by atomic mass is 9.92. The summed E-state index contributed by atoms with van der Waals surface area (Å²) in [7, 11) is 0. The Labute approximate surface area is 216 Å². The molecule has 3 heterocycles. The normalized spacial score (nSPS) is 14.4. The number of nitrogens with zero attached hydrogens (tertiary/aromatic N) is 4. The number of nitrogens with one attached hydrogen (secondary N) is 1. The van der Waals surface area contributed by atoms with Crippen molar-refractivity contribution in [1.82, 2.24) is 15.3 Å². The van der Waals surface area contributed by atoms with Crippen molar-refractivity contribution in [2.45, 2.75) is 57.0 Å². The van der Waals surface area contributed by atoms with Gasteiger partial charge in [0.1, 0.15) is 17.4 Å². The van der Waals surface area contributed by atoms with Crippen LogP contribution in [0.5, 0.6) is 0 Å². The van der Waals surface area contributed by atoms with Gasteiger partial charge in [0, 0.05) is 43.7 Å². The van der Waals surface area contributed by atoms with Crippen molar-refractivity contribution in [2.24, 2.45) is 0 Å². The number of rotatable bonds is 7. The molecule has 1 aliphatic rings. The molecule has 2 aromatic heterocycles. The Balaban J connectivity index is 1.47. The molecule has 7 nitrogen and oxygen atoms in total. The van der Waals surface area contributed by atoms with E-state index in [4.69, 9.17) is 14.4 Å². The summed E-state index contributed by atoms with van der Waals surface area (Å²) < 4.78 is 20.0. The molecule has 0 spiro atoms. The second-order valence-corrected chi connectivity index (χ2v) is 11.2. The van der Waals surface area contributed by atoms with Gasteiger partial charge in [-0.05, 0) is 38.1 Å². The van der Waals surface area contributed by atoms with E-state index in [1.807, 2.05) is 32.0 Å². The molecule has 192 valence electrons. The number of thioether (sulfide) groups is 1. The van der Waals surface area contributed by atoms with Gasteiger partial charge in [-0.3, -0.25) is 4.79 Å². The van der Waals surface area contributed by atoms with Crippen molar-refractivity contribution in [2.75, 3.05) is 36.0 Å². The fraction of sp³-hybridized carbons (Fsp3) is 0.444. The van der Waals surface area contributed by atoms with Crippen molar-refractivity contribution in [3.63, 3.8) is 0 Å². The summed E-state index contributed by atoms with van der Waals surface area (Å²) in [6.45, 7) is 13.1. The molecular weight excluding hydrogens is 477 g/mol. The first-order valence-electron chi connectivity index (χ1n) is 12.3. The van der Waals surface area contributed by atoms with E-state index in [0.717, 1.165) is 24.6 Å². The Kier molecular flexibility index (Phi) is 7.88. The lowest BCUT2D eigenvalue weighted by molar-refractivity contribution is 0.0913. The smallest absolute Gasteiger partial charge is 0.287 e. The number of piperazine rings is 1. The van der Waals surface area contributed by atoms with Crippen molar-refractivity contribution >= 4 is 29.2 Å². The second-order valence-electron chi connectivity index (χ2n) is 10.3. The average molecular weight is 512 g/mol. The first-order chi connectivity index (χ1) is 17.1. The van der Waals surface area contributed by atoms with Crippen LogP contribution in [0.1, 0.15) is 56.6 Å². The summed E-state index contributed by atoms with van der Waals surface area (Å²) in [6.07, 6.45) is 0. The van der Waals surface area contributed by atoms with Crippen molar-refractivity contribution in [1.29, 1.82) is 0 Å². The zero-order valence-corrected chi connectivity index (χ0v) is 22.4. The molecule has 1 aromatic carbocycles. The molecule has 1 saturated heterocycles. The van der Waals surface area contributed by atoms with Crippen LogP contribution in [0.4, 0.5) is 15.9 Å². The highest BCUT2D eigenvalue weighted by atomic mass is 32.2. The molecule has 1 N–H and O–H groups in total. The lowest BCUT2D eigenvalue weighted by Gasteiger charge is -2.37. The third-order valence-electron chi connectivity index (χ3n) is 5.91. The molecule has 36 heavy (non-hydrogen) atoms. The van der Waals surface area contributed by atoms with E-state index in [2.05, 4.69) is 42.0 Å². The minimum Gasteiger partial charge on any atom is -0.455 e. The maximum atomic E-state index is 14.2. The number of para-hydroxylation sites is 1. The third-order valence-corrected chi connectivity index (χ3v) is 6.78. The number of hydrogen-bond donors (Lipinski definition) is 1. The Morgan fingerprint density at radius 3 is 2.44 bits per heavy atom. The molecule has 0 aliphatic carbocycles. The van der Waals surface area contributed by atoms with E-state index in [-0.39, 0.29) is 23.2 Å². The van der Waals surface area contributed by atoms with E-state index in [9.17, 15) is 9.18 Å². The number of benzene rings is 1. The molecule has 0 atom stereocenters. The zero-order valence-electron chi connectivity index (χ0n) is 21.5. The predicted molar refractivity (Wildman–Crippen MR) is 142 cm³/mol. The van der Waals surface area contributed by atoms with Gasteiger partial charge in [-0.1, -0.05) is 44.7 Å². The molecular formula is C27H34FN5O2S. The molecule has 0 bridgehead atoms. The van der Waals surface area contributed by atoms with Crippen LogP contribution in [0.2, 0.25) is 0 Å². The lowest BCUT2D eigenvalue weighted by Crippen LogP contribution is -2.47. The molecule has 0 radical (unpaired) electrons. The van der Waals surface area contributed by atoms with Crippen LogP contribution in [0.15, 0.2) is 52.0 Å². The maximum Gasteiger partial charge on any atom is 0.287 e. The van der Waals surface area contributed by atoms with Crippen LogP contribution in [-0.4, -0.2) is 48.1 Å². The summed E-state index contributed by atoms with van der Waals surface area (Å²) >= 11 is 1.49. The van der Waals surface area contributed by atoms with Crippen molar-refractivity contribution in [3.05, 3.63) is 65.5 Å². The summed E-state index contributed by atoms with van der Waals surface area (Å²) in [6, 6.07) is 12.5. The van der Waals surface area contributed by atoms with E-state index >= 15 is 0 Å². The Bertz CT molecular complexity index is 1200. The van der Waals surface area contributed by atoms with Crippen LogP contribution in [0.25, 0.3) is 0 Å². The quantitative estimate of drug-likeness (QED) is 0.342. The van der Waals surface area contributed by atoms with Gasteiger partial charge in [0.05, 0.1) is 17.1 Å². The largest absolute Gasteiger partial charge is 0.455 e. The van der Waals surface area contributed by atoms with Crippen molar-refractivity contribution < 1.29 is 13.6 Å². The number of furan rings is 1. The molecule has 3 aromatic rings. The number of carbonyl (C=O) groups excluding carboxylic acids is 1. The van der Waals surface area contributed by atoms with Gasteiger partial charge in [0.25, 0.3) is 5.91 Å². The SMILES string of the molecule is CC(C)NC(=O)c1ccc(CSc2nc(N3CCN(c4ccccc4F)CC3)cc(C(C)(C)C)n2)o1. The molecule has 1 fully saturated rings. The van der Waals surface area contributed by atoms with Gasteiger partial charge < -0.3 is 19.5 Å². The number of amides is 1. The minimum absolute atomic E-state index is 0.0426. The van der Waals surface area contributed by atoms with Gasteiger partial charge in [0.2, 0.25) is 0 Å². The van der Waals surface area contributed by atoms with Gasteiger partial charge in [-0.15, -0.1) is 0 Å². The molecule has 1 aliphatic heterocycles. The summed E-state index contributed by atoms with van der Waals surface area (Å²) in [5.74, 6) is 1.98.